The topological polar surface area (TPSA) is 271 Å². The molecule has 0 saturated carbocycles. The largest absolute Gasteiger partial charge is 0.467 e. The number of rotatable bonds is 22. The van der Waals surface area contributed by atoms with Crippen LogP contribution in [-0.2, 0) is 38.2 Å². The summed E-state index contributed by atoms with van der Waals surface area (Å²) in [6, 6.07) is 16.6. The average Bonchev–Trinajstić information content (AvgIpc) is 3.35. The van der Waals surface area contributed by atoms with E-state index in [0.29, 0.717) is 29.8 Å². The zero-order valence-electron chi connectivity index (χ0n) is 42.0. The summed E-state index contributed by atoms with van der Waals surface area (Å²) in [5.74, 6) is 1.55. The molecule has 2 rings (SSSR count). The van der Waals surface area contributed by atoms with Gasteiger partial charge in [0.05, 0.1) is 32.9 Å². The van der Waals surface area contributed by atoms with Crippen LogP contribution < -0.4 is 31.1 Å². The molecule has 0 heterocycles. The van der Waals surface area contributed by atoms with Gasteiger partial charge < -0.3 is 40.5 Å². The predicted octanol–water partition coefficient (Wildman–Crippen LogP) is 4.44. The van der Waals surface area contributed by atoms with Gasteiger partial charge >= 0.3 is 11.9 Å². The molecule has 0 aliphatic carbocycles. The van der Waals surface area contributed by atoms with E-state index >= 15 is 0 Å². The van der Waals surface area contributed by atoms with Gasteiger partial charge in [0.25, 0.3) is 0 Å². The number of ether oxygens (including phenoxy) is 2. The smallest absolute Gasteiger partial charge is 0.328 e. The van der Waals surface area contributed by atoms with Crippen molar-refractivity contribution in [2.75, 3.05) is 51.2 Å². The van der Waals surface area contributed by atoms with Gasteiger partial charge in [0.1, 0.15) is 59.6 Å². The summed E-state index contributed by atoms with van der Waals surface area (Å²) in [4.78, 5) is 81.1. The van der Waals surface area contributed by atoms with E-state index in [2.05, 4.69) is 33.1 Å². The Morgan fingerprint density at radius 3 is 1.26 bits per heavy atom. The summed E-state index contributed by atoms with van der Waals surface area (Å²) in [6.45, 7) is 14.2. The van der Waals surface area contributed by atoms with Crippen LogP contribution >= 0.6 is 0 Å². The summed E-state index contributed by atoms with van der Waals surface area (Å²) < 4.78 is 9.76. The molecule has 0 spiro atoms. The van der Waals surface area contributed by atoms with Crippen LogP contribution in [0.15, 0.2) is 65.3 Å². The molecule has 0 aromatic heterocycles. The van der Waals surface area contributed by atoms with Gasteiger partial charge in [-0.2, -0.15) is 21.0 Å². The van der Waals surface area contributed by atoms with Crippen molar-refractivity contribution in [3.05, 3.63) is 76.4 Å². The Balaban J connectivity index is 2.36. The molecule has 6 atom stereocenters. The monoisotopic (exact) mass is 956 g/mol. The third kappa shape index (κ3) is 16.3. The van der Waals surface area contributed by atoms with Crippen molar-refractivity contribution in [3.63, 3.8) is 0 Å². The van der Waals surface area contributed by atoms with Gasteiger partial charge in [-0.1, -0.05) is 92.2 Å². The SMILES string of the molecule is CC[C@H](C)[C@H](NC(=O)[C@@H](NC(=O)CN(C)c1ccc(C#CC(=C(C#N)C#N)C(=C(C#N)C#N)c2ccc(N(C)CC(=O)N[C@H](C(=O)N[C@H](C(=O)OC)[C@@H](C)CC)C(C)C)cc2)cc1)C(C)C)C(=O)OC. The standard InChI is InChI=1S/C52H64N10O8/c1-13-33(7)47(51(67)69-11)59-49(65)45(31(3)4)57-42(63)29-61(9)39-20-15-35(16-21-39)17-24-41(37(25-53)26-54)44(38(27-55)28-56)36-18-22-40(23-19-36)62(10)30-43(64)58-46(32(5)6)50(66)60-48(34(8)14-2)52(68)70-12/h15-16,18-23,31-34,45-48H,13-14,29-30H2,1-12H3,(H,57,63)(H,58,64)(H,59,65)(H,60,66)/t33-,34-,45-,46-,47-,48-/m0/s1. The number of carbonyl (C=O) groups excluding carboxylic acids is 6. The molecule has 2 aromatic carbocycles. The Kier molecular flexibility index (Phi) is 23.4. The lowest BCUT2D eigenvalue weighted by molar-refractivity contribution is -0.147. The van der Waals surface area contributed by atoms with Crippen molar-refractivity contribution in [1.29, 1.82) is 21.0 Å². The summed E-state index contributed by atoms with van der Waals surface area (Å²) in [5, 5.41) is 51.0. The number of anilines is 2. The minimum absolute atomic E-state index is 0.0626. The number of nitriles is 4. The molecule has 370 valence electrons. The fourth-order valence-electron chi connectivity index (χ4n) is 6.95. The molecule has 18 heteroatoms. The van der Waals surface area contributed by atoms with Crippen molar-refractivity contribution >= 4 is 52.5 Å². The number of nitrogens with one attached hydrogen (secondary N) is 4. The Hall–Kier alpha value is -8.14. The number of benzene rings is 2. The molecule has 4 N–H and O–H groups in total. The molecule has 0 unspecified atom stereocenters. The molecule has 2 aromatic rings. The van der Waals surface area contributed by atoms with E-state index in [-0.39, 0.29) is 53.5 Å². The number of likely N-dealkylation sites (N-methyl/N-ethyl adjacent to an activating group) is 2. The van der Waals surface area contributed by atoms with Crippen molar-refractivity contribution in [2.45, 2.75) is 92.4 Å². The van der Waals surface area contributed by atoms with E-state index < -0.39 is 70.9 Å². The number of carbonyl (C=O) groups is 6. The number of esters is 2. The molecule has 0 radical (unpaired) electrons. The van der Waals surface area contributed by atoms with Crippen LogP contribution in [0.25, 0.3) is 5.57 Å². The molecular formula is C52H64N10O8. The lowest BCUT2D eigenvalue weighted by atomic mass is 9.90. The van der Waals surface area contributed by atoms with E-state index in [0.717, 1.165) is 0 Å². The van der Waals surface area contributed by atoms with E-state index in [1.165, 1.54) is 14.2 Å². The van der Waals surface area contributed by atoms with Crippen LogP contribution in [0.5, 0.6) is 0 Å². The molecular weight excluding hydrogens is 893 g/mol. The number of methoxy groups -OCH3 is 2. The first-order valence-corrected chi connectivity index (χ1v) is 22.8. The van der Waals surface area contributed by atoms with Gasteiger partial charge in [-0.05, 0) is 65.6 Å². The normalized spacial score (nSPS) is 12.9. The van der Waals surface area contributed by atoms with Gasteiger partial charge in [0.2, 0.25) is 23.6 Å². The van der Waals surface area contributed by atoms with E-state index in [1.807, 2.05) is 52.0 Å². The Labute approximate surface area is 411 Å². The maximum absolute atomic E-state index is 13.3. The molecule has 70 heavy (non-hydrogen) atoms. The molecule has 0 aliphatic rings. The lowest BCUT2D eigenvalue weighted by Gasteiger charge is -2.28. The van der Waals surface area contributed by atoms with Crippen molar-refractivity contribution < 1.29 is 38.2 Å². The van der Waals surface area contributed by atoms with Gasteiger partial charge in [-0.15, -0.1) is 0 Å². The van der Waals surface area contributed by atoms with Crippen LogP contribution in [0.3, 0.4) is 0 Å². The fourth-order valence-corrected chi connectivity index (χ4v) is 6.95. The minimum atomic E-state index is -0.961. The van der Waals surface area contributed by atoms with Crippen molar-refractivity contribution in [3.8, 4) is 36.1 Å². The third-order valence-corrected chi connectivity index (χ3v) is 11.7. The average molecular weight is 957 g/mol. The first-order valence-electron chi connectivity index (χ1n) is 22.8. The Morgan fingerprint density at radius 1 is 0.557 bits per heavy atom. The molecule has 0 bridgehead atoms. The highest BCUT2D eigenvalue weighted by atomic mass is 16.5. The zero-order chi connectivity index (χ0) is 52.8. The van der Waals surface area contributed by atoms with Crippen LogP contribution in [-0.4, -0.2) is 101 Å². The molecule has 18 nitrogen and oxygen atoms in total. The first kappa shape index (κ1) is 58.0. The Morgan fingerprint density at radius 2 is 0.929 bits per heavy atom. The molecule has 0 saturated heterocycles. The van der Waals surface area contributed by atoms with Gasteiger partial charge in [0.15, 0.2) is 0 Å². The lowest BCUT2D eigenvalue weighted by Crippen LogP contribution is -2.56. The highest BCUT2D eigenvalue weighted by Crippen LogP contribution is 2.30. The van der Waals surface area contributed by atoms with Crippen LogP contribution in [0.1, 0.15) is 79.4 Å². The van der Waals surface area contributed by atoms with E-state index in [4.69, 9.17) is 9.47 Å². The van der Waals surface area contributed by atoms with Crippen molar-refractivity contribution in [2.24, 2.45) is 23.7 Å². The summed E-state index contributed by atoms with van der Waals surface area (Å²) >= 11 is 0. The maximum Gasteiger partial charge on any atom is 0.328 e. The number of hydrogen-bond acceptors (Lipinski definition) is 14. The second kappa shape index (κ2) is 28.3. The highest BCUT2D eigenvalue weighted by Gasteiger charge is 2.33. The first-order chi connectivity index (χ1) is 33.2. The number of amides is 4. The van der Waals surface area contributed by atoms with E-state index in [1.54, 1.807) is 100 Å². The Bertz CT molecular complexity index is 2480. The maximum atomic E-state index is 13.3. The zero-order valence-corrected chi connectivity index (χ0v) is 42.0. The molecule has 0 aliphatic heterocycles. The molecule has 4 amide bonds. The number of allylic oxidation sites excluding steroid dienone is 4. The highest BCUT2D eigenvalue weighted by molar-refractivity contribution is 5.94. The predicted molar refractivity (Wildman–Crippen MR) is 263 cm³/mol. The van der Waals surface area contributed by atoms with Crippen LogP contribution in [0.4, 0.5) is 11.4 Å². The van der Waals surface area contributed by atoms with E-state index in [9.17, 15) is 49.8 Å². The number of hydrogen-bond donors (Lipinski definition) is 4. The second-order valence-corrected chi connectivity index (χ2v) is 17.4. The summed E-state index contributed by atoms with van der Waals surface area (Å²) in [7, 11) is 5.80. The van der Waals surface area contributed by atoms with Crippen molar-refractivity contribution in [1.82, 2.24) is 21.3 Å². The summed E-state index contributed by atoms with van der Waals surface area (Å²) in [6.07, 6.45) is 1.21. The van der Waals surface area contributed by atoms with Gasteiger partial charge in [-0.25, -0.2) is 9.59 Å². The fraction of sp³-hybridized carbons (Fsp3) is 0.462. The second-order valence-electron chi connectivity index (χ2n) is 17.4. The third-order valence-electron chi connectivity index (χ3n) is 11.7. The van der Waals surface area contributed by atoms with Gasteiger partial charge in [0, 0.05) is 36.6 Å². The minimum Gasteiger partial charge on any atom is -0.467 e. The molecule has 0 fully saturated rings. The summed E-state index contributed by atoms with van der Waals surface area (Å²) in [5.41, 5.74) is 0.725. The van der Waals surface area contributed by atoms with Crippen LogP contribution in [0.2, 0.25) is 0 Å². The number of nitrogens with zero attached hydrogens (tertiary/aromatic N) is 6. The van der Waals surface area contributed by atoms with Gasteiger partial charge in [-0.3, -0.25) is 19.2 Å². The van der Waals surface area contributed by atoms with Crippen LogP contribution in [0, 0.1) is 80.8 Å². The quantitative estimate of drug-likeness (QED) is 0.0550.